The molecule has 1 amide bonds. The molecule has 2 saturated heterocycles. The van der Waals surface area contributed by atoms with E-state index in [-0.39, 0.29) is 5.92 Å². The monoisotopic (exact) mass is 316 g/mol. The molecular weight excluding hydrogens is 288 g/mol. The van der Waals surface area contributed by atoms with Crippen LogP contribution < -0.4 is 10.1 Å². The summed E-state index contributed by atoms with van der Waals surface area (Å²) >= 11 is 0. The minimum absolute atomic E-state index is 0.210. The molecule has 1 unspecified atom stereocenters. The zero-order valence-electron chi connectivity index (χ0n) is 14.1. The van der Waals surface area contributed by atoms with Crippen LogP contribution in [0.4, 0.5) is 0 Å². The van der Waals surface area contributed by atoms with Crippen LogP contribution >= 0.6 is 0 Å². The Labute approximate surface area is 139 Å². The SMILES string of the molecule is COc1ccc(CC2CCN(C(=O)C3CCCNC3)CC2)cc1. The Hall–Kier alpha value is -1.55. The summed E-state index contributed by atoms with van der Waals surface area (Å²) in [7, 11) is 1.70. The van der Waals surface area contributed by atoms with Gasteiger partial charge >= 0.3 is 0 Å². The molecule has 0 radical (unpaired) electrons. The molecule has 2 aliphatic heterocycles. The van der Waals surface area contributed by atoms with Crippen LogP contribution in [0.15, 0.2) is 24.3 Å². The zero-order valence-corrected chi connectivity index (χ0v) is 14.1. The van der Waals surface area contributed by atoms with E-state index in [1.54, 1.807) is 7.11 Å². The van der Waals surface area contributed by atoms with Gasteiger partial charge in [-0.3, -0.25) is 4.79 Å². The highest BCUT2D eigenvalue weighted by Crippen LogP contribution is 2.24. The van der Waals surface area contributed by atoms with Crippen LogP contribution in [0.3, 0.4) is 0 Å². The number of methoxy groups -OCH3 is 1. The first-order chi connectivity index (χ1) is 11.3. The zero-order chi connectivity index (χ0) is 16.1. The molecule has 3 rings (SSSR count). The van der Waals surface area contributed by atoms with Crippen LogP contribution in [0.1, 0.15) is 31.2 Å². The second kappa shape index (κ2) is 7.82. The summed E-state index contributed by atoms with van der Waals surface area (Å²) in [6, 6.07) is 8.38. The van der Waals surface area contributed by atoms with Crippen molar-refractivity contribution in [3.8, 4) is 5.75 Å². The van der Waals surface area contributed by atoms with Crippen molar-refractivity contribution in [2.24, 2.45) is 11.8 Å². The van der Waals surface area contributed by atoms with E-state index in [0.29, 0.717) is 11.8 Å². The van der Waals surface area contributed by atoms with E-state index < -0.39 is 0 Å². The van der Waals surface area contributed by atoms with E-state index in [9.17, 15) is 4.79 Å². The summed E-state index contributed by atoms with van der Waals surface area (Å²) < 4.78 is 5.21. The van der Waals surface area contributed by atoms with Crippen LogP contribution in [-0.2, 0) is 11.2 Å². The van der Waals surface area contributed by atoms with Crippen LogP contribution in [0.2, 0.25) is 0 Å². The lowest BCUT2D eigenvalue weighted by Crippen LogP contribution is -2.46. The van der Waals surface area contributed by atoms with Crippen molar-refractivity contribution in [3.05, 3.63) is 29.8 Å². The lowest BCUT2D eigenvalue weighted by molar-refractivity contribution is -0.137. The highest BCUT2D eigenvalue weighted by Gasteiger charge is 2.29. The van der Waals surface area contributed by atoms with E-state index in [0.717, 1.165) is 64.0 Å². The average molecular weight is 316 g/mol. The number of hydrogen-bond donors (Lipinski definition) is 1. The number of amides is 1. The summed E-state index contributed by atoms with van der Waals surface area (Å²) in [6.45, 7) is 3.78. The first kappa shape index (κ1) is 16.3. The quantitative estimate of drug-likeness (QED) is 0.928. The first-order valence-corrected chi connectivity index (χ1v) is 8.88. The van der Waals surface area contributed by atoms with Crippen LogP contribution in [-0.4, -0.2) is 44.1 Å². The third-order valence-electron chi connectivity index (χ3n) is 5.26. The maximum Gasteiger partial charge on any atom is 0.226 e. The molecule has 1 aromatic rings. The number of benzene rings is 1. The molecule has 23 heavy (non-hydrogen) atoms. The number of nitrogens with zero attached hydrogens (tertiary/aromatic N) is 1. The Balaban J connectivity index is 1.46. The van der Waals surface area contributed by atoms with Crippen molar-refractivity contribution in [1.82, 2.24) is 10.2 Å². The van der Waals surface area contributed by atoms with Gasteiger partial charge in [-0.1, -0.05) is 12.1 Å². The van der Waals surface area contributed by atoms with Crippen LogP contribution in [0.25, 0.3) is 0 Å². The van der Waals surface area contributed by atoms with Gasteiger partial charge in [0.1, 0.15) is 5.75 Å². The number of ether oxygens (including phenoxy) is 1. The molecule has 0 spiro atoms. The van der Waals surface area contributed by atoms with Crippen molar-refractivity contribution >= 4 is 5.91 Å². The number of piperidine rings is 2. The Kier molecular flexibility index (Phi) is 5.55. The van der Waals surface area contributed by atoms with Gasteiger partial charge in [0, 0.05) is 19.6 Å². The van der Waals surface area contributed by atoms with E-state index in [4.69, 9.17) is 4.74 Å². The molecule has 2 heterocycles. The second-order valence-electron chi connectivity index (χ2n) is 6.86. The molecule has 126 valence electrons. The van der Waals surface area contributed by atoms with Gasteiger partial charge in [0.05, 0.1) is 13.0 Å². The average Bonchev–Trinajstić information content (AvgIpc) is 2.63. The maximum atomic E-state index is 12.6. The third-order valence-corrected chi connectivity index (χ3v) is 5.26. The normalized spacial score (nSPS) is 22.8. The second-order valence-corrected chi connectivity index (χ2v) is 6.86. The number of likely N-dealkylation sites (tertiary alicyclic amines) is 1. The first-order valence-electron chi connectivity index (χ1n) is 8.88. The van der Waals surface area contributed by atoms with Gasteiger partial charge < -0.3 is 15.0 Å². The van der Waals surface area contributed by atoms with Gasteiger partial charge in [0.15, 0.2) is 0 Å². The minimum atomic E-state index is 0.210. The van der Waals surface area contributed by atoms with Crippen molar-refractivity contribution < 1.29 is 9.53 Å². The lowest BCUT2D eigenvalue weighted by atomic mass is 9.89. The fourth-order valence-electron chi connectivity index (χ4n) is 3.77. The summed E-state index contributed by atoms with van der Waals surface area (Å²) in [4.78, 5) is 14.7. The van der Waals surface area contributed by atoms with Crippen molar-refractivity contribution in [2.75, 3.05) is 33.3 Å². The number of hydrogen-bond acceptors (Lipinski definition) is 3. The van der Waals surface area contributed by atoms with Gasteiger partial charge in [-0.25, -0.2) is 0 Å². The predicted octanol–water partition coefficient (Wildman–Crippen LogP) is 2.48. The Morgan fingerprint density at radius 2 is 1.96 bits per heavy atom. The van der Waals surface area contributed by atoms with E-state index in [1.807, 2.05) is 12.1 Å². The smallest absolute Gasteiger partial charge is 0.226 e. The number of nitrogens with one attached hydrogen (secondary N) is 1. The highest BCUT2D eigenvalue weighted by atomic mass is 16.5. The predicted molar refractivity (Wildman–Crippen MR) is 91.6 cm³/mol. The third kappa shape index (κ3) is 4.25. The molecule has 0 bridgehead atoms. The van der Waals surface area contributed by atoms with E-state index in [2.05, 4.69) is 22.3 Å². The standard InChI is InChI=1S/C19H28N2O2/c1-23-18-6-4-15(5-7-18)13-16-8-11-21(12-9-16)19(22)17-3-2-10-20-14-17/h4-7,16-17,20H,2-3,8-14H2,1H3. The van der Waals surface area contributed by atoms with Crippen LogP contribution in [0.5, 0.6) is 5.75 Å². The Bertz CT molecular complexity index is 501. The van der Waals surface area contributed by atoms with Gasteiger partial charge in [0.2, 0.25) is 5.91 Å². The molecule has 4 nitrogen and oxygen atoms in total. The Morgan fingerprint density at radius 1 is 1.22 bits per heavy atom. The molecular formula is C19H28N2O2. The summed E-state index contributed by atoms with van der Waals surface area (Å²) in [6.07, 6.45) is 5.54. The molecule has 2 aliphatic rings. The molecule has 1 N–H and O–H groups in total. The van der Waals surface area contributed by atoms with Gasteiger partial charge in [-0.05, 0) is 62.3 Å². The fraction of sp³-hybridized carbons (Fsp3) is 0.632. The molecule has 1 atom stereocenters. The molecule has 1 aromatic carbocycles. The molecule has 0 aromatic heterocycles. The molecule has 2 fully saturated rings. The summed E-state index contributed by atoms with van der Waals surface area (Å²) in [5, 5.41) is 3.35. The molecule has 0 aliphatic carbocycles. The van der Waals surface area contributed by atoms with Gasteiger partial charge in [-0.2, -0.15) is 0 Å². The number of rotatable bonds is 4. The minimum Gasteiger partial charge on any atom is -0.497 e. The lowest BCUT2D eigenvalue weighted by Gasteiger charge is -2.35. The molecule has 4 heteroatoms. The highest BCUT2D eigenvalue weighted by molar-refractivity contribution is 5.79. The summed E-state index contributed by atoms with van der Waals surface area (Å²) in [5.41, 5.74) is 1.37. The maximum absolute atomic E-state index is 12.6. The number of carbonyl (C=O) groups excluding carboxylic acids is 1. The Morgan fingerprint density at radius 3 is 2.57 bits per heavy atom. The number of carbonyl (C=O) groups is 1. The van der Waals surface area contributed by atoms with E-state index in [1.165, 1.54) is 5.56 Å². The summed E-state index contributed by atoms with van der Waals surface area (Å²) in [5.74, 6) is 2.19. The van der Waals surface area contributed by atoms with Gasteiger partial charge in [0.25, 0.3) is 0 Å². The van der Waals surface area contributed by atoms with Crippen molar-refractivity contribution in [3.63, 3.8) is 0 Å². The molecule has 0 saturated carbocycles. The fourth-order valence-corrected chi connectivity index (χ4v) is 3.77. The van der Waals surface area contributed by atoms with E-state index >= 15 is 0 Å². The van der Waals surface area contributed by atoms with Crippen molar-refractivity contribution in [1.29, 1.82) is 0 Å². The largest absolute Gasteiger partial charge is 0.497 e. The van der Waals surface area contributed by atoms with Crippen LogP contribution in [0, 0.1) is 11.8 Å². The van der Waals surface area contributed by atoms with Crippen molar-refractivity contribution in [2.45, 2.75) is 32.1 Å². The topological polar surface area (TPSA) is 41.6 Å². The van der Waals surface area contributed by atoms with Gasteiger partial charge in [-0.15, -0.1) is 0 Å².